The number of carbonyl (C=O) groups excluding carboxylic acids is 2. The Morgan fingerprint density at radius 3 is 2.96 bits per heavy atom. The van der Waals surface area contributed by atoms with Crippen molar-refractivity contribution in [3.8, 4) is 0 Å². The summed E-state index contributed by atoms with van der Waals surface area (Å²) in [4.78, 5) is 27.3. The third-order valence-corrected chi connectivity index (χ3v) is 6.38. The van der Waals surface area contributed by atoms with Crippen LogP contribution in [0.3, 0.4) is 0 Å². The van der Waals surface area contributed by atoms with Crippen molar-refractivity contribution in [1.82, 2.24) is 9.47 Å². The van der Waals surface area contributed by atoms with Gasteiger partial charge in [-0.2, -0.15) is 0 Å². The summed E-state index contributed by atoms with van der Waals surface area (Å²) in [5, 5.41) is 10.6. The van der Waals surface area contributed by atoms with Crippen LogP contribution < -0.4 is 0 Å². The molecule has 1 fully saturated rings. The molecule has 6 heteroatoms. The molecule has 6 rings (SSSR count). The molecule has 5 heterocycles. The fourth-order valence-electron chi connectivity index (χ4n) is 5.02. The zero-order valence-electron chi connectivity index (χ0n) is 15.2. The molecule has 0 spiro atoms. The van der Waals surface area contributed by atoms with Crippen molar-refractivity contribution in [2.45, 2.75) is 25.9 Å². The number of nitrogens with zero attached hydrogens (tertiary/aromatic N) is 2. The Morgan fingerprint density at radius 2 is 2.15 bits per heavy atom. The molecule has 4 aliphatic rings. The van der Waals surface area contributed by atoms with Crippen LogP contribution in [-0.2, 0) is 16.0 Å². The number of benzene rings is 1. The first kappa shape index (κ1) is 16.6. The smallest absolute Gasteiger partial charge is 0.257 e. The number of ether oxygens (including phenoxy) is 1. The van der Waals surface area contributed by atoms with Gasteiger partial charge in [0.25, 0.3) is 5.91 Å². The Labute approximate surface area is 157 Å². The Hall–Kier alpha value is -2.60. The minimum Gasteiger partial charge on any atom is -0.498 e. The predicted molar refractivity (Wildman–Crippen MR) is 100 cm³/mol. The molecule has 0 aliphatic carbocycles. The molecule has 6 nitrogen and oxygen atoms in total. The molecule has 1 aromatic heterocycles. The standard InChI is InChI=1S/C21H22N2O4/c1-12-16-9-22-7-6-14-13-4-2-3-5-18(13)23(20(26)10-24)21(14)17(11-27-12)15(16)8-19(22)25/h2-5,11-12,15-16,24H,6-10H2,1H3. The number of piperidine rings is 1. The van der Waals surface area contributed by atoms with Gasteiger partial charge >= 0.3 is 0 Å². The lowest BCUT2D eigenvalue weighted by Gasteiger charge is -2.43. The van der Waals surface area contributed by atoms with Gasteiger partial charge in [0.15, 0.2) is 0 Å². The highest BCUT2D eigenvalue weighted by Crippen LogP contribution is 2.46. The first-order chi connectivity index (χ1) is 13.1. The van der Waals surface area contributed by atoms with E-state index in [1.807, 2.05) is 36.1 Å². The number of hydrogen-bond acceptors (Lipinski definition) is 4. The number of aliphatic hydroxyl groups excluding tert-OH is 1. The number of para-hydroxylation sites is 1. The number of aliphatic hydroxyl groups is 1. The number of rotatable bonds is 1. The summed E-state index contributed by atoms with van der Waals surface area (Å²) in [5.41, 5.74) is 3.59. The zero-order valence-corrected chi connectivity index (χ0v) is 15.2. The topological polar surface area (TPSA) is 71.8 Å². The van der Waals surface area contributed by atoms with Gasteiger partial charge in [0.05, 0.1) is 17.5 Å². The van der Waals surface area contributed by atoms with Crippen molar-refractivity contribution >= 4 is 28.3 Å². The van der Waals surface area contributed by atoms with Crippen LogP contribution in [0.2, 0.25) is 0 Å². The average molecular weight is 366 g/mol. The summed E-state index contributed by atoms with van der Waals surface area (Å²) < 4.78 is 7.59. The van der Waals surface area contributed by atoms with E-state index in [1.54, 1.807) is 10.8 Å². The number of amides is 1. The second-order valence-electron chi connectivity index (χ2n) is 7.71. The minimum absolute atomic E-state index is 0.0299. The number of hydrogen-bond donors (Lipinski definition) is 1. The monoisotopic (exact) mass is 366 g/mol. The van der Waals surface area contributed by atoms with E-state index in [2.05, 4.69) is 0 Å². The van der Waals surface area contributed by atoms with Crippen molar-refractivity contribution in [3.63, 3.8) is 0 Å². The van der Waals surface area contributed by atoms with Crippen LogP contribution in [-0.4, -0.2) is 52.2 Å². The lowest BCUT2D eigenvalue weighted by Crippen LogP contribution is -2.49. The highest BCUT2D eigenvalue weighted by molar-refractivity contribution is 6.01. The summed E-state index contributed by atoms with van der Waals surface area (Å²) in [6.45, 7) is 2.81. The molecule has 1 N–H and O–H groups in total. The molecule has 27 heavy (non-hydrogen) atoms. The third kappa shape index (κ3) is 2.29. The largest absolute Gasteiger partial charge is 0.498 e. The van der Waals surface area contributed by atoms with Crippen molar-refractivity contribution in [3.05, 3.63) is 41.8 Å². The van der Waals surface area contributed by atoms with Gasteiger partial charge in [-0.05, 0) is 25.0 Å². The molecule has 0 radical (unpaired) electrons. The SMILES string of the molecule is CC1OC=C2c3c(c4ccccc4n3C(=O)CO)CCN3CC1C2CC3=O. The second kappa shape index (κ2) is 5.96. The molecule has 0 saturated carbocycles. The number of carbonyl (C=O) groups is 2. The number of fused-ring (bicyclic) bond motifs is 3. The van der Waals surface area contributed by atoms with E-state index in [0.717, 1.165) is 27.7 Å². The molecule has 4 aliphatic heterocycles. The molecule has 4 bridgehead atoms. The quantitative estimate of drug-likeness (QED) is 0.839. The molecule has 1 saturated heterocycles. The maximum Gasteiger partial charge on any atom is 0.257 e. The molecule has 3 atom stereocenters. The maximum absolute atomic E-state index is 12.7. The summed E-state index contributed by atoms with van der Waals surface area (Å²) in [7, 11) is 0. The lowest BCUT2D eigenvalue weighted by molar-refractivity contribution is -0.138. The Kier molecular flexibility index (Phi) is 3.65. The number of allylic oxidation sites excluding steroid dienone is 1. The summed E-state index contributed by atoms with van der Waals surface area (Å²) in [6, 6.07) is 7.78. The second-order valence-corrected chi connectivity index (χ2v) is 7.71. The Morgan fingerprint density at radius 1 is 1.33 bits per heavy atom. The number of aromatic nitrogens is 1. The van der Waals surface area contributed by atoms with Gasteiger partial charge in [-0.25, -0.2) is 0 Å². The lowest BCUT2D eigenvalue weighted by atomic mass is 9.75. The van der Waals surface area contributed by atoms with E-state index in [0.29, 0.717) is 25.9 Å². The fourth-order valence-corrected chi connectivity index (χ4v) is 5.02. The van der Waals surface area contributed by atoms with Crippen LogP contribution in [0.1, 0.15) is 29.4 Å². The first-order valence-corrected chi connectivity index (χ1v) is 9.50. The van der Waals surface area contributed by atoms with Crippen molar-refractivity contribution in [2.24, 2.45) is 11.8 Å². The fraction of sp³-hybridized carbons (Fsp3) is 0.429. The first-order valence-electron chi connectivity index (χ1n) is 9.50. The summed E-state index contributed by atoms with van der Waals surface area (Å²) in [6.07, 6.45) is 2.90. The van der Waals surface area contributed by atoms with Gasteiger partial charge < -0.3 is 14.7 Å². The van der Waals surface area contributed by atoms with E-state index in [1.165, 1.54) is 0 Å². The van der Waals surface area contributed by atoms with Gasteiger partial charge in [-0.3, -0.25) is 14.2 Å². The van der Waals surface area contributed by atoms with Crippen molar-refractivity contribution in [2.75, 3.05) is 19.7 Å². The van der Waals surface area contributed by atoms with E-state index < -0.39 is 6.61 Å². The van der Waals surface area contributed by atoms with Gasteiger partial charge in [0.2, 0.25) is 5.91 Å². The van der Waals surface area contributed by atoms with Crippen LogP contribution in [0, 0.1) is 11.8 Å². The molecule has 2 aromatic rings. The van der Waals surface area contributed by atoms with Crippen molar-refractivity contribution < 1.29 is 19.4 Å². The molecular formula is C21H22N2O4. The molecule has 3 unspecified atom stereocenters. The molecule has 140 valence electrons. The Balaban J connectivity index is 1.83. The van der Waals surface area contributed by atoms with Gasteiger partial charge in [0, 0.05) is 42.3 Å². The zero-order chi connectivity index (χ0) is 18.7. The predicted octanol–water partition coefficient (Wildman–Crippen LogP) is 2.05. The highest BCUT2D eigenvalue weighted by Gasteiger charge is 2.45. The van der Waals surface area contributed by atoms with Crippen LogP contribution in [0.4, 0.5) is 0 Å². The molecular weight excluding hydrogens is 344 g/mol. The van der Waals surface area contributed by atoms with Crippen molar-refractivity contribution in [1.29, 1.82) is 0 Å². The Bertz CT molecular complexity index is 989. The normalized spacial score (nSPS) is 26.7. The average Bonchev–Trinajstić information content (AvgIpc) is 3.03. The maximum atomic E-state index is 12.7. The molecule has 1 aromatic carbocycles. The van der Waals surface area contributed by atoms with Crippen LogP contribution in [0.5, 0.6) is 0 Å². The molecule has 1 amide bonds. The minimum atomic E-state index is -0.561. The van der Waals surface area contributed by atoms with Crippen LogP contribution in [0.25, 0.3) is 16.5 Å². The van der Waals surface area contributed by atoms with E-state index >= 15 is 0 Å². The van der Waals surface area contributed by atoms with Gasteiger partial charge in [-0.15, -0.1) is 0 Å². The van der Waals surface area contributed by atoms with E-state index in [9.17, 15) is 14.7 Å². The van der Waals surface area contributed by atoms with Gasteiger partial charge in [-0.1, -0.05) is 18.2 Å². The summed E-state index contributed by atoms with van der Waals surface area (Å²) in [5.74, 6) is 0.0583. The van der Waals surface area contributed by atoms with E-state index in [4.69, 9.17) is 4.74 Å². The van der Waals surface area contributed by atoms with Crippen LogP contribution in [0.15, 0.2) is 30.5 Å². The highest BCUT2D eigenvalue weighted by atomic mass is 16.5. The van der Waals surface area contributed by atoms with Crippen LogP contribution >= 0.6 is 0 Å². The third-order valence-electron chi connectivity index (χ3n) is 6.38. The van der Waals surface area contributed by atoms with Gasteiger partial charge in [0.1, 0.15) is 12.7 Å². The van der Waals surface area contributed by atoms with E-state index in [-0.39, 0.29) is 29.8 Å². The summed E-state index contributed by atoms with van der Waals surface area (Å²) >= 11 is 0.